The molecule has 4 rings (SSSR count). The van der Waals surface area contributed by atoms with Crippen LogP contribution in [0.15, 0.2) is 78.9 Å². The molecule has 1 aromatic heterocycles. The molecule has 0 bridgehead atoms. The van der Waals surface area contributed by atoms with Crippen LogP contribution >= 0.6 is 0 Å². The van der Waals surface area contributed by atoms with E-state index in [-0.39, 0.29) is 12.2 Å². The van der Waals surface area contributed by atoms with E-state index in [4.69, 9.17) is 0 Å². The van der Waals surface area contributed by atoms with Gasteiger partial charge in [0.25, 0.3) is 0 Å². The first-order valence-corrected chi connectivity index (χ1v) is 10.2. The number of fused-ring (bicyclic) bond motifs is 1. The largest absolute Gasteiger partial charge is 0.358 e. The molecule has 4 heteroatoms. The summed E-state index contributed by atoms with van der Waals surface area (Å²) in [5.74, 6) is -0.276. The zero-order valence-corrected chi connectivity index (χ0v) is 16.8. The van der Waals surface area contributed by atoms with Crippen LogP contribution in [0, 0.1) is 17.1 Å². The SMILES string of the molecule is N#CCc1c(CCN(Cc2ccccc2)Cc2ccccc2)[nH]c2ccc(F)cc12. The Morgan fingerprint density at radius 3 is 2.10 bits per heavy atom. The average molecular weight is 397 g/mol. The lowest BCUT2D eigenvalue weighted by Gasteiger charge is -2.23. The second-order valence-electron chi connectivity index (χ2n) is 7.54. The van der Waals surface area contributed by atoms with Crippen molar-refractivity contribution in [2.24, 2.45) is 0 Å². The third-order valence-corrected chi connectivity index (χ3v) is 5.39. The van der Waals surface area contributed by atoms with Gasteiger partial charge in [-0.1, -0.05) is 60.7 Å². The van der Waals surface area contributed by atoms with Crippen molar-refractivity contribution in [3.8, 4) is 6.07 Å². The smallest absolute Gasteiger partial charge is 0.123 e. The quantitative estimate of drug-likeness (QED) is 0.419. The summed E-state index contributed by atoms with van der Waals surface area (Å²) in [6.45, 7) is 2.52. The van der Waals surface area contributed by atoms with Gasteiger partial charge in [0.15, 0.2) is 0 Å². The number of aromatic nitrogens is 1. The number of benzene rings is 3. The minimum absolute atomic E-state index is 0.274. The fourth-order valence-corrected chi connectivity index (χ4v) is 3.94. The molecule has 0 amide bonds. The lowest BCUT2D eigenvalue weighted by Crippen LogP contribution is -2.25. The maximum atomic E-state index is 13.8. The van der Waals surface area contributed by atoms with Crippen LogP contribution in [0.2, 0.25) is 0 Å². The number of hydrogen-bond acceptors (Lipinski definition) is 2. The molecule has 1 N–H and O–H groups in total. The van der Waals surface area contributed by atoms with Crippen LogP contribution in [-0.2, 0) is 25.9 Å². The molecule has 3 aromatic carbocycles. The predicted molar refractivity (Wildman–Crippen MR) is 118 cm³/mol. The maximum absolute atomic E-state index is 13.8. The highest BCUT2D eigenvalue weighted by Gasteiger charge is 2.14. The van der Waals surface area contributed by atoms with Crippen molar-refractivity contribution >= 4 is 10.9 Å². The normalized spacial score (nSPS) is 11.1. The Morgan fingerprint density at radius 2 is 1.50 bits per heavy atom. The van der Waals surface area contributed by atoms with Gasteiger partial charge in [-0.3, -0.25) is 4.90 Å². The summed E-state index contributed by atoms with van der Waals surface area (Å²) >= 11 is 0. The van der Waals surface area contributed by atoms with E-state index in [9.17, 15) is 9.65 Å². The molecule has 30 heavy (non-hydrogen) atoms. The first-order valence-electron chi connectivity index (χ1n) is 10.2. The van der Waals surface area contributed by atoms with Crippen molar-refractivity contribution < 1.29 is 4.39 Å². The van der Waals surface area contributed by atoms with Gasteiger partial charge in [-0.15, -0.1) is 0 Å². The van der Waals surface area contributed by atoms with E-state index >= 15 is 0 Å². The summed E-state index contributed by atoms with van der Waals surface area (Å²) < 4.78 is 13.8. The number of rotatable bonds is 8. The molecule has 0 aliphatic rings. The van der Waals surface area contributed by atoms with E-state index in [1.54, 1.807) is 6.07 Å². The molecule has 1 heterocycles. The third-order valence-electron chi connectivity index (χ3n) is 5.39. The van der Waals surface area contributed by atoms with Gasteiger partial charge in [-0.05, 0) is 34.9 Å². The molecule has 0 atom stereocenters. The van der Waals surface area contributed by atoms with E-state index in [0.717, 1.165) is 48.2 Å². The van der Waals surface area contributed by atoms with E-state index in [1.165, 1.54) is 23.3 Å². The number of nitrogens with one attached hydrogen (secondary N) is 1. The van der Waals surface area contributed by atoms with E-state index in [0.29, 0.717) is 0 Å². The van der Waals surface area contributed by atoms with Gasteiger partial charge in [0, 0.05) is 42.7 Å². The second-order valence-corrected chi connectivity index (χ2v) is 7.54. The molecule has 0 saturated carbocycles. The topological polar surface area (TPSA) is 42.8 Å². The van der Waals surface area contributed by atoms with Crippen LogP contribution in [0.4, 0.5) is 4.39 Å². The summed E-state index contributed by atoms with van der Waals surface area (Å²) in [4.78, 5) is 5.82. The summed E-state index contributed by atoms with van der Waals surface area (Å²) in [6.07, 6.45) is 1.04. The molecule has 0 aliphatic heterocycles. The molecule has 4 aromatic rings. The first-order chi connectivity index (χ1) is 14.7. The zero-order valence-electron chi connectivity index (χ0n) is 16.8. The molecule has 150 valence electrons. The number of H-pyrrole nitrogens is 1. The van der Waals surface area contributed by atoms with Gasteiger partial charge in [0.05, 0.1) is 12.5 Å². The Bertz CT molecular complexity index is 1100. The van der Waals surface area contributed by atoms with Crippen LogP contribution in [0.1, 0.15) is 22.4 Å². The fourth-order valence-electron chi connectivity index (χ4n) is 3.94. The summed E-state index contributed by atoms with van der Waals surface area (Å²) in [5, 5.41) is 10.1. The molecule has 0 spiro atoms. The van der Waals surface area contributed by atoms with Crippen molar-refractivity contribution in [3.05, 3.63) is 107 Å². The van der Waals surface area contributed by atoms with Gasteiger partial charge in [-0.2, -0.15) is 5.26 Å². The lowest BCUT2D eigenvalue weighted by molar-refractivity contribution is 0.259. The van der Waals surface area contributed by atoms with Gasteiger partial charge in [-0.25, -0.2) is 4.39 Å². The van der Waals surface area contributed by atoms with Crippen LogP contribution in [-0.4, -0.2) is 16.4 Å². The van der Waals surface area contributed by atoms with Gasteiger partial charge in [0.1, 0.15) is 5.82 Å². The van der Waals surface area contributed by atoms with E-state index in [2.05, 4.69) is 64.5 Å². The maximum Gasteiger partial charge on any atom is 0.123 e. The van der Waals surface area contributed by atoms with Crippen molar-refractivity contribution in [1.82, 2.24) is 9.88 Å². The Kier molecular flexibility index (Phi) is 6.22. The van der Waals surface area contributed by atoms with Crippen LogP contribution in [0.25, 0.3) is 10.9 Å². The monoisotopic (exact) mass is 397 g/mol. The molecular formula is C26H24FN3. The summed E-state index contributed by atoms with van der Waals surface area (Å²) in [5.41, 5.74) is 5.35. The Morgan fingerprint density at radius 1 is 0.867 bits per heavy atom. The molecule has 0 aliphatic carbocycles. The summed E-state index contributed by atoms with van der Waals surface area (Å²) in [7, 11) is 0. The van der Waals surface area contributed by atoms with Gasteiger partial charge >= 0.3 is 0 Å². The Hall–Kier alpha value is -3.42. The van der Waals surface area contributed by atoms with E-state index in [1.807, 2.05) is 12.1 Å². The van der Waals surface area contributed by atoms with Crippen molar-refractivity contribution in [2.75, 3.05) is 6.54 Å². The average Bonchev–Trinajstić information content (AvgIpc) is 3.10. The molecule has 3 nitrogen and oxygen atoms in total. The predicted octanol–water partition coefficient (Wildman–Crippen LogP) is 5.62. The number of hydrogen-bond donors (Lipinski definition) is 1. The van der Waals surface area contributed by atoms with E-state index < -0.39 is 0 Å². The highest BCUT2D eigenvalue weighted by Crippen LogP contribution is 2.25. The molecule has 0 fully saturated rings. The first kappa shape index (κ1) is 19.9. The second kappa shape index (κ2) is 9.39. The highest BCUT2D eigenvalue weighted by atomic mass is 19.1. The van der Waals surface area contributed by atoms with Gasteiger partial charge in [0.2, 0.25) is 0 Å². The molecule has 0 radical (unpaired) electrons. The van der Waals surface area contributed by atoms with Crippen LogP contribution in [0.5, 0.6) is 0 Å². The number of aromatic amines is 1. The van der Waals surface area contributed by atoms with Crippen molar-refractivity contribution in [1.29, 1.82) is 5.26 Å². The third kappa shape index (κ3) is 4.76. The minimum Gasteiger partial charge on any atom is -0.358 e. The Labute approximate surface area is 176 Å². The number of halogens is 1. The highest BCUT2D eigenvalue weighted by molar-refractivity contribution is 5.85. The van der Waals surface area contributed by atoms with Crippen LogP contribution in [0.3, 0.4) is 0 Å². The standard InChI is InChI=1S/C26H24FN3/c27-22-11-12-25-24(17-22)23(13-15-28)26(29-25)14-16-30(18-20-7-3-1-4-8-20)19-21-9-5-2-6-10-21/h1-12,17,29H,13-14,16,18-19H2. The van der Waals surface area contributed by atoms with Crippen molar-refractivity contribution in [2.45, 2.75) is 25.9 Å². The minimum atomic E-state index is -0.276. The van der Waals surface area contributed by atoms with Crippen molar-refractivity contribution in [3.63, 3.8) is 0 Å². The van der Waals surface area contributed by atoms with Crippen LogP contribution < -0.4 is 0 Å². The zero-order chi connectivity index (χ0) is 20.8. The number of nitriles is 1. The molecule has 0 unspecified atom stereocenters. The Balaban J connectivity index is 1.57. The lowest BCUT2D eigenvalue weighted by atomic mass is 10.1. The summed E-state index contributed by atoms with van der Waals surface area (Å²) in [6, 6.07) is 27.8. The van der Waals surface area contributed by atoms with Gasteiger partial charge < -0.3 is 4.98 Å². The fraction of sp³-hybridized carbons (Fsp3) is 0.192. The molecular weight excluding hydrogens is 373 g/mol. The number of nitrogens with zero attached hydrogens (tertiary/aromatic N) is 2. The molecule has 0 saturated heterocycles.